The molecule has 5 atom stereocenters. The molecule has 1 saturated carbocycles. The van der Waals surface area contributed by atoms with Gasteiger partial charge in [0.2, 0.25) is 5.88 Å². The summed E-state index contributed by atoms with van der Waals surface area (Å²) in [5.41, 5.74) is 3.86. The molecule has 47 heavy (non-hydrogen) atoms. The Morgan fingerprint density at radius 3 is 2.72 bits per heavy atom. The van der Waals surface area contributed by atoms with Gasteiger partial charge in [-0.25, -0.2) is 23.1 Å². The number of fused-ring (bicyclic) bond motifs is 6. The molecule has 3 aromatic heterocycles. The summed E-state index contributed by atoms with van der Waals surface area (Å²) in [6.45, 7) is 4.89. The number of methoxy groups -OCH3 is 1. The average Bonchev–Trinajstić information content (AvgIpc) is 3.90. The Morgan fingerprint density at radius 1 is 1.13 bits per heavy atom. The van der Waals surface area contributed by atoms with Crippen LogP contribution in [0.3, 0.4) is 0 Å². The highest BCUT2D eigenvalue weighted by atomic mass is 19.1. The summed E-state index contributed by atoms with van der Waals surface area (Å²) < 4.78 is 51.5. The van der Waals surface area contributed by atoms with Gasteiger partial charge in [0.1, 0.15) is 23.3 Å². The van der Waals surface area contributed by atoms with Gasteiger partial charge < -0.3 is 19.6 Å². The van der Waals surface area contributed by atoms with Crippen molar-refractivity contribution in [1.82, 2.24) is 29.7 Å². The van der Waals surface area contributed by atoms with Crippen LogP contribution in [0.4, 0.5) is 13.2 Å². The second kappa shape index (κ2) is 11.8. The minimum atomic E-state index is -0.518. The molecular formula is C36H38F3N7O. The number of pyridine rings is 1. The number of nitrogens with one attached hydrogen (secondary N) is 2. The first-order chi connectivity index (χ1) is 22.9. The molecule has 5 fully saturated rings. The number of nitriles is 1. The SMILES string of the molecule is CCc1nc2c(OC)nc3c(F)c(-c4c[nH]c5ccc(F)cc45)c(CCC#N)cc3c2n1C1C2CNC1C2.FC1CC2CCCN2C1. The van der Waals surface area contributed by atoms with Crippen LogP contribution in [0, 0.1) is 28.9 Å². The minimum Gasteiger partial charge on any atom is -0.479 e. The van der Waals surface area contributed by atoms with Gasteiger partial charge in [-0.15, -0.1) is 0 Å². The lowest BCUT2D eigenvalue weighted by Crippen LogP contribution is -2.39. The molecule has 0 radical (unpaired) electrons. The number of ether oxygens (including phenoxy) is 1. The number of aromatic amines is 1. The molecule has 2 bridgehead atoms. The molecule has 5 aromatic rings. The lowest BCUT2D eigenvalue weighted by atomic mass is 9.79. The van der Waals surface area contributed by atoms with Gasteiger partial charge in [-0.3, -0.25) is 4.90 Å². The highest BCUT2D eigenvalue weighted by Crippen LogP contribution is 2.48. The van der Waals surface area contributed by atoms with Crippen molar-refractivity contribution in [3.8, 4) is 23.1 Å². The first-order valence-corrected chi connectivity index (χ1v) is 16.7. The number of rotatable bonds is 6. The normalized spacial score (nSPS) is 24.8. The molecule has 5 unspecified atom stereocenters. The van der Waals surface area contributed by atoms with Crippen molar-refractivity contribution in [3.05, 3.63) is 53.5 Å². The van der Waals surface area contributed by atoms with Crippen molar-refractivity contribution < 1.29 is 17.9 Å². The first-order valence-electron chi connectivity index (χ1n) is 16.7. The van der Waals surface area contributed by atoms with Crippen molar-refractivity contribution in [2.45, 2.75) is 76.2 Å². The molecule has 0 amide bonds. The maximum atomic E-state index is 16.7. The van der Waals surface area contributed by atoms with Gasteiger partial charge in [-0.05, 0) is 74.4 Å². The van der Waals surface area contributed by atoms with Gasteiger partial charge in [0.15, 0.2) is 11.3 Å². The van der Waals surface area contributed by atoms with Crippen LogP contribution in [-0.2, 0) is 12.8 Å². The fraction of sp³-hybridized carbons (Fsp3) is 0.472. The number of aromatic nitrogens is 4. The van der Waals surface area contributed by atoms with E-state index in [0.717, 1.165) is 43.7 Å². The molecule has 11 heteroatoms. The van der Waals surface area contributed by atoms with Crippen LogP contribution < -0.4 is 10.1 Å². The molecular weight excluding hydrogens is 603 g/mol. The van der Waals surface area contributed by atoms with Crippen LogP contribution in [0.15, 0.2) is 30.5 Å². The maximum Gasteiger partial charge on any atom is 0.242 e. The fourth-order valence-corrected chi connectivity index (χ4v) is 8.58. The second-order valence-electron chi connectivity index (χ2n) is 13.4. The van der Waals surface area contributed by atoms with Crippen molar-refractivity contribution in [3.63, 3.8) is 0 Å². The van der Waals surface area contributed by atoms with Crippen molar-refractivity contribution in [1.29, 1.82) is 5.26 Å². The van der Waals surface area contributed by atoms with E-state index in [2.05, 4.69) is 37.7 Å². The van der Waals surface area contributed by atoms with E-state index < -0.39 is 17.8 Å². The topological polar surface area (TPSA) is 94.8 Å². The Morgan fingerprint density at radius 2 is 2.00 bits per heavy atom. The minimum absolute atomic E-state index is 0.180. The molecule has 2 aromatic carbocycles. The Bertz CT molecular complexity index is 2020. The van der Waals surface area contributed by atoms with Crippen molar-refractivity contribution in [2.75, 3.05) is 26.7 Å². The predicted octanol–water partition coefficient (Wildman–Crippen LogP) is 6.76. The molecule has 4 saturated heterocycles. The predicted molar refractivity (Wildman–Crippen MR) is 175 cm³/mol. The van der Waals surface area contributed by atoms with Gasteiger partial charge in [-0.2, -0.15) is 5.26 Å². The number of hydrogen-bond donors (Lipinski definition) is 2. The lowest BCUT2D eigenvalue weighted by molar-refractivity contribution is 0.221. The lowest BCUT2D eigenvalue weighted by Gasteiger charge is -2.37. The quantitative estimate of drug-likeness (QED) is 0.213. The van der Waals surface area contributed by atoms with Crippen LogP contribution in [0.1, 0.15) is 56.5 Å². The van der Waals surface area contributed by atoms with E-state index in [9.17, 15) is 14.0 Å². The van der Waals surface area contributed by atoms with Crippen LogP contribution in [0.2, 0.25) is 0 Å². The Kier molecular flexibility index (Phi) is 7.60. The van der Waals surface area contributed by atoms with Crippen LogP contribution >= 0.6 is 0 Å². The molecule has 8 nitrogen and oxygen atoms in total. The van der Waals surface area contributed by atoms with E-state index in [4.69, 9.17) is 9.72 Å². The number of halogens is 3. The summed E-state index contributed by atoms with van der Waals surface area (Å²) in [6, 6.07) is 9.76. The standard InChI is InChI=1S/C29H26F2N6O.C7H12FN/c1-3-22-35-26-28(37(22)27-15-10-21(27)33-12-15)18-9-14(5-4-8-32)23(24(31)25(18)36-29(26)38-2)19-13-34-20-7-6-16(30)11-17(19)20;8-6-4-7-2-1-3-9(7)5-6/h6-7,9,11,13,15,21,27,33-34H,3-5,10,12H2,1-2H3;6-7H,1-5H2. The fourth-order valence-electron chi connectivity index (χ4n) is 8.58. The summed E-state index contributed by atoms with van der Waals surface area (Å²) in [6.07, 6.45) is 6.91. The number of benzene rings is 2. The van der Waals surface area contributed by atoms with Crippen LogP contribution in [0.25, 0.3) is 44.0 Å². The molecule has 7 heterocycles. The monoisotopic (exact) mass is 641 g/mol. The van der Waals surface area contributed by atoms with Crippen LogP contribution in [-0.4, -0.2) is 69.4 Å². The van der Waals surface area contributed by atoms with E-state index >= 15 is 4.39 Å². The van der Waals surface area contributed by atoms with Gasteiger partial charge >= 0.3 is 0 Å². The zero-order valence-electron chi connectivity index (χ0n) is 26.6. The zero-order valence-corrected chi connectivity index (χ0v) is 26.6. The molecule has 1 aliphatic carbocycles. The van der Waals surface area contributed by atoms with Crippen LogP contribution in [0.5, 0.6) is 5.88 Å². The largest absolute Gasteiger partial charge is 0.479 e. The van der Waals surface area contributed by atoms with Gasteiger partial charge in [0.25, 0.3) is 0 Å². The van der Waals surface area contributed by atoms with E-state index in [1.54, 1.807) is 12.3 Å². The molecule has 0 spiro atoms. The van der Waals surface area contributed by atoms with Gasteiger partial charge in [-0.1, -0.05) is 6.92 Å². The highest BCUT2D eigenvalue weighted by Gasteiger charge is 2.49. The number of hydrogen-bond acceptors (Lipinski definition) is 6. The molecule has 4 aliphatic heterocycles. The average molecular weight is 642 g/mol. The second-order valence-corrected chi connectivity index (χ2v) is 13.4. The van der Waals surface area contributed by atoms with E-state index in [-0.39, 0.29) is 23.9 Å². The summed E-state index contributed by atoms with van der Waals surface area (Å²) in [5.74, 6) is 0.784. The third-order valence-electron chi connectivity index (χ3n) is 10.8. The smallest absolute Gasteiger partial charge is 0.242 e. The molecule has 5 aliphatic rings. The third-order valence-corrected chi connectivity index (χ3v) is 10.8. The number of imidazole rings is 1. The first kappa shape index (κ1) is 30.2. The van der Waals surface area contributed by atoms with Gasteiger partial charge in [0.05, 0.1) is 24.7 Å². The highest BCUT2D eigenvalue weighted by molar-refractivity contribution is 6.08. The summed E-state index contributed by atoms with van der Waals surface area (Å²) in [5, 5.41) is 14.2. The third kappa shape index (κ3) is 4.87. The maximum absolute atomic E-state index is 16.7. The Hall–Kier alpha value is -4.14. The molecule has 10 rings (SSSR count). The Labute approximate surface area is 270 Å². The van der Waals surface area contributed by atoms with Gasteiger partial charge in [0, 0.05) is 71.6 Å². The Balaban J connectivity index is 0.000000309. The van der Waals surface area contributed by atoms with E-state index in [0.29, 0.717) is 69.5 Å². The summed E-state index contributed by atoms with van der Waals surface area (Å²) in [4.78, 5) is 15.0. The number of aryl methyl sites for hydroxylation is 2. The molecule has 2 N–H and O–H groups in total. The van der Waals surface area contributed by atoms with E-state index in [1.807, 2.05) is 6.07 Å². The summed E-state index contributed by atoms with van der Waals surface area (Å²) >= 11 is 0. The van der Waals surface area contributed by atoms with Crippen molar-refractivity contribution >= 4 is 32.8 Å². The number of H-pyrrole nitrogens is 1. The zero-order chi connectivity index (χ0) is 32.4. The summed E-state index contributed by atoms with van der Waals surface area (Å²) in [7, 11) is 1.52. The van der Waals surface area contributed by atoms with Crippen molar-refractivity contribution in [2.24, 2.45) is 5.92 Å². The number of alkyl halides is 1. The van der Waals surface area contributed by atoms with E-state index in [1.165, 1.54) is 32.1 Å². The molecule has 244 valence electrons. The number of nitrogens with zero attached hydrogens (tertiary/aromatic N) is 5.